The zero-order valence-corrected chi connectivity index (χ0v) is 19.0. The Balaban J connectivity index is 1.22. The number of primary amides is 1. The summed E-state index contributed by atoms with van der Waals surface area (Å²) in [6.45, 7) is 6.81. The fourth-order valence-corrected chi connectivity index (χ4v) is 5.99. The van der Waals surface area contributed by atoms with Crippen LogP contribution in [-0.2, 0) is 11.2 Å². The number of ether oxygens (including phenoxy) is 1. The summed E-state index contributed by atoms with van der Waals surface area (Å²) in [5.74, 6) is -0.562. The molecule has 2 aliphatic rings. The third-order valence-electron chi connectivity index (χ3n) is 6.77. The van der Waals surface area contributed by atoms with Crippen molar-refractivity contribution in [2.45, 2.75) is 31.9 Å². The summed E-state index contributed by atoms with van der Waals surface area (Å²) in [7, 11) is 0. The monoisotopic (exact) mass is 453 g/mol. The van der Waals surface area contributed by atoms with Gasteiger partial charge in [0, 0.05) is 53.3 Å². The number of nitrogens with zero attached hydrogens (tertiary/aromatic N) is 2. The number of fused-ring (bicyclic) bond motifs is 2. The lowest BCUT2D eigenvalue weighted by atomic mass is 9.93. The highest BCUT2D eigenvalue weighted by atomic mass is 32.1. The van der Waals surface area contributed by atoms with E-state index in [0.717, 1.165) is 49.1 Å². The third-order valence-corrected chi connectivity index (χ3v) is 7.70. The maximum atomic E-state index is 13.5. The van der Waals surface area contributed by atoms with Gasteiger partial charge in [-0.2, -0.15) is 0 Å². The van der Waals surface area contributed by atoms with E-state index in [1.165, 1.54) is 16.8 Å². The van der Waals surface area contributed by atoms with Gasteiger partial charge >= 0.3 is 0 Å². The molecule has 1 saturated heterocycles. The summed E-state index contributed by atoms with van der Waals surface area (Å²) in [5, 5.41) is 3.29. The first-order valence-electron chi connectivity index (χ1n) is 11.2. The van der Waals surface area contributed by atoms with Crippen molar-refractivity contribution in [3.8, 4) is 0 Å². The van der Waals surface area contributed by atoms with E-state index in [4.69, 9.17) is 10.5 Å². The van der Waals surface area contributed by atoms with Crippen LogP contribution < -0.4 is 10.6 Å². The Morgan fingerprint density at radius 3 is 2.94 bits per heavy atom. The fourth-order valence-electron chi connectivity index (χ4n) is 4.99. The Labute approximate surface area is 191 Å². The van der Waals surface area contributed by atoms with E-state index in [9.17, 15) is 9.18 Å². The largest absolute Gasteiger partial charge is 0.373 e. The molecule has 0 spiro atoms. The van der Waals surface area contributed by atoms with Gasteiger partial charge in [-0.15, -0.1) is 11.3 Å². The van der Waals surface area contributed by atoms with E-state index in [1.54, 1.807) is 29.5 Å². The van der Waals surface area contributed by atoms with Crippen molar-refractivity contribution in [3.05, 3.63) is 64.3 Å². The smallest absolute Gasteiger partial charge is 0.248 e. The van der Waals surface area contributed by atoms with Gasteiger partial charge in [0.15, 0.2) is 0 Å². The number of carbonyl (C=O) groups excluding carboxylic acids is 1. The van der Waals surface area contributed by atoms with Crippen LogP contribution in [0.4, 0.5) is 10.1 Å². The Bertz CT molecular complexity index is 1150. The van der Waals surface area contributed by atoms with Crippen molar-refractivity contribution >= 4 is 33.0 Å². The molecule has 2 aromatic carbocycles. The van der Waals surface area contributed by atoms with Crippen LogP contribution in [-0.4, -0.2) is 49.6 Å². The van der Waals surface area contributed by atoms with Crippen LogP contribution in [0.25, 0.3) is 10.1 Å². The molecule has 5 nitrogen and oxygen atoms in total. The Kier molecular flexibility index (Phi) is 5.88. The van der Waals surface area contributed by atoms with Crippen LogP contribution in [0.15, 0.2) is 41.8 Å². The molecule has 0 radical (unpaired) electrons. The molecule has 168 valence electrons. The van der Waals surface area contributed by atoms with Gasteiger partial charge in [-0.05, 0) is 61.2 Å². The number of carbonyl (C=O) groups is 1. The molecule has 0 bridgehead atoms. The summed E-state index contributed by atoms with van der Waals surface area (Å²) in [5.41, 5.74) is 9.58. The molecule has 1 aromatic heterocycles. The molecule has 7 heteroatoms. The topological polar surface area (TPSA) is 58.8 Å². The number of amides is 1. The minimum absolute atomic E-state index is 0.0571. The standard InChI is InChI=1S/C25H28FN3O2S/c1-16-14-29(22-15-32-24-13-19(26)3-5-21(22)24)10-9-28(16)8-6-23-20-4-2-18(25(27)30)12-17(20)7-11-31-23/h2-5,12-13,15-16,23H,6-11,14H2,1H3,(H2,27,30)/t16-,23?/m0/s1. The number of benzene rings is 2. The average molecular weight is 454 g/mol. The highest BCUT2D eigenvalue weighted by Gasteiger charge is 2.28. The van der Waals surface area contributed by atoms with Crippen molar-refractivity contribution in [2.75, 3.05) is 37.7 Å². The molecule has 1 unspecified atom stereocenters. The number of rotatable bonds is 5. The first kappa shape index (κ1) is 21.4. The molecular weight excluding hydrogens is 425 g/mol. The van der Waals surface area contributed by atoms with Crippen LogP contribution in [0.5, 0.6) is 0 Å². The summed E-state index contributed by atoms with van der Waals surface area (Å²) in [6.07, 6.45) is 1.80. The minimum atomic E-state index is -0.383. The molecule has 1 fully saturated rings. The molecule has 0 saturated carbocycles. The number of piperazine rings is 1. The van der Waals surface area contributed by atoms with Gasteiger partial charge in [-0.1, -0.05) is 6.07 Å². The zero-order chi connectivity index (χ0) is 22.2. The zero-order valence-electron chi connectivity index (χ0n) is 18.2. The first-order valence-corrected chi connectivity index (χ1v) is 12.1. The second-order valence-electron chi connectivity index (χ2n) is 8.77. The Hall–Kier alpha value is -2.48. The summed E-state index contributed by atoms with van der Waals surface area (Å²) in [4.78, 5) is 16.5. The van der Waals surface area contributed by atoms with Crippen molar-refractivity contribution in [1.82, 2.24) is 4.90 Å². The molecule has 3 aromatic rings. The number of halogens is 1. The lowest BCUT2D eigenvalue weighted by Crippen LogP contribution is -2.52. The second kappa shape index (κ2) is 8.81. The number of thiophene rings is 1. The van der Waals surface area contributed by atoms with Crippen LogP contribution in [0.3, 0.4) is 0 Å². The lowest BCUT2D eigenvalue weighted by molar-refractivity contribution is 0.0255. The highest BCUT2D eigenvalue weighted by Crippen LogP contribution is 2.35. The van der Waals surface area contributed by atoms with Gasteiger partial charge in [0.2, 0.25) is 5.91 Å². The van der Waals surface area contributed by atoms with E-state index in [1.807, 2.05) is 18.2 Å². The molecule has 32 heavy (non-hydrogen) atoms. The molecule has 0 aliphatic carbocycles. The molecule has 2 N–H and O–H groups in total. The number of anilines is 1. The van der Waals surface area contributed by atoms with E-state index in [-0.39, 0.29) is 17.8 Å². The summed E-state index contributed by atoms with van der Waals surface area (Å²) >= 11 is 1.61. The normalized spacial score (nSPS) is 21.6. The van der Waals surface area contributed by atoms with Gasteiger partial charge in [0.05, 0.1) is 18.4 Å². The molecular formula is C25H28FN3O2S. The maximum Gasteiger partial charge on any atom is 0.248 e. The molecule has 2 atom stereocenters. The molecule has 2 aliphatic heterocycles. The van der Waals surface area contributed by atoms with E-state index < -0.39 is 0 Å². The third kappa shape index (κ3) is 4.12. The van der Waals surface area contributed by atoms with Crippen LogP contribution in [0, 0.1) is 5.82 Å². The Morgan fingerprint density at radius 1 is 1.25 bits per heavy atom. The average Bonchev–Trinajstić information content (AvgIpc) is 3.20. The SMILES string of the molecule is C[C@H]1CN(c2csc3cc(F)ccc23)CCN1CCC1OCCc2cc(C(N)=O)ccc21. The van der Waals surface area contributed by atoms with E-state index >= 15 is 0 Å². The number of hydrogen-bond acceptors (Lipinski definition) is 5. The van der Waals surface area contributed by atoms with Gasteiger partial charge in [-0.3, -0.25) is 9.69 Å². The summed E-state index contributed by atoms with van der Waals surface area (Å²) in [6, 6.07) is 11.2. The number of nitrogens with two attached hydrogens (primary N) is 1. The van der Waals surface area contributed by atoms with Crippen molar-refractivity contribution in [1.29, 1.82) is 0 Å². The van der Waals surface area contributed by atoms with Gasteiger partial charge < -0.3 is 15.4 Å². The Morgan fingerprint density at radius 2 is 2.12 bits per heavy atom. The highest BCUT2D eigenvalue weighted by molar-refractivity contribution is 7.17. The van der Waals surface area contributed by atoms with Gasteiger partial charge in [0.25, 0.3) is 0 Å². The van der Waals surface area contributed by atoms with Crippen molar-refractivity contribution in [3.63, 3.8) is 0 Å². The molecule has 3 heterocycles. The maximum absolute atomic E-state index is 13.5. The van der Waals surface area contributed by atoms with Crippen LogP contribution >= 0.6 is 11.3 Å². The quantitative estimate of drug-likeness (QED) is 0.624. The van der Waals surface area contributed by atoms with Crippen LogP contribution in [0.2, 0.25) is 0 Å². The predicted molar refractivity (Wildman–Crippen MR) is 127 cm³/mol. The first-order chi connectivity index (χ1) is 15.5. The molecule has 5 rings (SSSR count). The van der Waals surface area contributed by atoms with Gasteiger partial charge in [0.1, 0.15) is 5.82 Å². The second-order valence-corrected chi connectivity index (χ2v) is 9.68. The number of hydrogen-bond donors (Lipinski definition) is 1. The summed E-state index contributed by atoms with van der Waals surface area (Å²) < 4.78 is 20.6. The van der Waals surface area contributed by atoms with Crippen molar-refractivity contribution in [2.24, 2.45) is 5.73 Å². The lowest BCUT2D eigenvalue weighted by Gasteiger charge is -2.41. The fraction of sp³-hybridized carbons (Fsp3) is 0.400. The van der Waals surface area contributed by atoms with Gasteiger partial charge in [-0.25, -0.2) is 4.39 Å². The van der Waals surface area contributed by atoms with Crippen LogP contribution in [0.1, 0.15) is 40.9 Å². The van der Waals surface area contributed by atoms with E-state index in [2.05, 4.69) is 22.1 Å². The minimum Gasteiger partial charge on any atom is -0.373 e. The van der Waals surface area contributed by atoms with E-state index in [0.29, 0.717) is 18.2 Å². The molecule has 1 amide bonds. The predicted octanol–water partition coefficient (Wildman–Crippen LogP) is 4.35. The van der Waals surface area contributed by atoms with Crippen molar-refractivity contribution < 1.29 is 13.9 Å².